The molecule has 5 nitrogen and oxygen atoms in total. The van der Waals surface area contributed by atoms with Crippen LogP contribution in [0.4, 0.5) is 0 Å². The molecule has 1 heterocycles. The van der Waals surface area contributed by atoms with E-state index in [0.717, 1.165) is 12.8 Å². The average molecular weight is 297 g/mol. The van der Waals surface area contributed by atoms with Gasteiger partial charge in [-0.1, -0.05) is 12.1 Å². The van der Waals surface area contributed by atoms with Crippen molar-refractivity contribution >= 4 is 15.8 Å². The zero-order valence-electron chi connectivity index (χ0n) is 11.7. The van der Waals surface area contributed by atoms with Crippen molar-refractivity contribution in [2.24, 2.45) is 0 Å². The minimum atomic E-state index is -3.58. The SMILES string of the molecule is CC(=O)c1cccc(S(=O)(=O)N(C)CC2CCCO2)c1. The predicted molar refractivity (Wildman–Crippen MR) is 75.2 cm³/mol. The van der Waals surface area contributed by atoms with Gasteiger partial charge in [0, 0.05) is 25.8 Å². The Hall–Kier alpha value is -1.24. The molecule has 0 aromatic heterocycles. The van der Waals surface area contributed by atoms with Crippen molar-refractivity contribution in [3.63, 3.8) is 0 Å². The molecule has 0 radical (unpaired) electrons. The van der Waals surface area contributed by atoms with Crippen molar-refractivity contribution in [2.75, 3.05) is 20.2 Å². The molecule has 1 saturated heterocycles. The molecule has 1 aliphatic rings. The molecule has 0 aliphatic carbocycles. The summed E-state index contributed by atoms with van der Waals surface area (Å²) < 4.78 is 31.7. The number of nitrogens with zero attached hydrogens (tertiary/aromatic N) is 1. The highest BCUT2D eigenvalue weighted by molar-refractivity contribution is 7.89. The fraction of sp³-hybridized carbons (Fsp3) is 0.500. The van der Waals surface area contributed by atoms with Gasteiger partial charge in [-0.2, -0.15) is 4.31 Å². The van der Waals surface area contributed by atoms with Crippen LogP contribution in [0.15, 0.2) is 29.2 Å². The van der Waals surface area contributed by atoms with Gasteiger partial charge in [-0.3, -0.25) is 4.79 Å². The number of sulfonamides is 1. The zero-order valence-corrected chi connectivity index (χ0v) is 12.5. The van der Waals surface area contributed by atoms with Gasteiger partial charge in [0.25, 0.3) is 0 Å². The van der Waals surface area contributed by atoms with Crippen LogP contribution in [-0.2, 0) is 14.8 Å². The molecule has 1 atom stereocenters. The van der Waals surface area contributed by atoms with Crippen LogP contribution >= 0.6 is 0 Å². The van der Waals surface area contributed by atoms with Crippen LogP contribution in [-0.4, -0.2) is 44.8 Å². The first-order valence-corrected chi connectivity index (χ1v) is 8.04. The molecule has 20 heavy (non-hydrogen) atoms. The Morgan fingerprint density at radius 2 is 2.20 bits per heavy atom. The normalized spacial score (nSPS) is 19.4. The number of hydrogen-bond acceptors (Lipinski definition) is 4. The van der Waals surface area contributed by atoms with Gasteiger partial charge in [-0.25, -0.2) is 8.42 Å². The number of ether oxygens (including phenoxy) is 1. The number of benzene rings is 1. The second-order valence-electron chi connectivity index (χ2n) is 5.00. The summed E-state index contributed by atoms with van der Waals surface area (Å²) in [4.78, 5) is 11.5. The predicted octanol–water partition coefficient (Wildman–Crippen LogP) is 1.69. The van der Waals surface area contributed by atoms with Gasteiger partial charge in [0.1, 0.15) is 0 Å². The first-order chi connectivity index (χ1) is 9.41. The van der Waals surface area contributed by atoms with Crippen LogP contribution in [0.2, 0.25) is 0 Å². The molecule has 1 aliphatic heterocycles. The molecule has 0 amide bonds. The fourth-order valence-electron chi connectivity index (χ4n) is 2.23. The second-order valence-corrected chi connectivity index (χ2v) is 7.05. The number of carbonyl (C=O) groups is 1. The molecule has 6 heteroatoms. The number of Topliss-reactive ketones (excluding diaryl/α,β-unsaturated/α-hetero) is 1. The van der Waals surface area contributed by atoms with Crippen molar-refractivity contribution < 1.29 is 17.9 Å². The maximum atomic E-state index is 12.5. The highest BCUT2D eigenvalue weighted by atomic mass is 32.2. The smallest absolute Gasteiger partial charge is 0.242 e. The van der Waals surface area contributed by atoms with Crippen LogP contribution in [0.1, 0.15) is 30.1 Å². The van der Waals surface area contributed by atoms with Crippen LogP contribution < -0.4 is 0 Å². The standard InChI is InChI=1S/C14H19NO4S/c1-11(16)12-5-3-7-14(9-12)20(17,18)15(2)10-13-6-4-8-19-13/h3,5,7,9,13H,4,6,8,10H2,1-2H3. The molecule has 0 saturated carbocycles. The van der Waals surface area contributed by atoms with Gasteiger partial charge < -0.3 is 4.74 Å². The summed E-state index contributed by atoms with van der Waals surface area (Å²) in [6.45, 7) is 2.45. The van der Waals surface area contributed by atoms with E-state index in [4.69, 9.17) is 4.74 Å². The lowest BCUT2D eigenvalue weighted by Gasteiger charge is -2.20. The maximum absolute atomic E-state index is 12.5. The molecular formula is C14H19NO4S. The third kappa shape index (κ3) is 3.26. The number of rotatable bonds is 5. The Labute approximate surface area is 119 Å². The molecule has 110 valence electrons. The summed E-state index contributed by atoms with van der Waals surface area (Å²) in [5.41, 5.74) is 0.400. The van der Waals surface area contributed by atoms with Crippen LogP contribution in [0.3, 0.4) is 0 Å². The largest absolute Gasteiger partial charge is 0.377 e. The van der Waals surface area contributed by atoms with E-state index in [9.17, 15) is 13.2 Å². The Balaban J connectivity index is 2.20. The summed E-state index contributed by atoms with van der Waals surface area (Å²) in [7, 11) is -2.04. The van der Waals surface area contributed by atoms with Gasteiger partial charge >= 0.3 is 0 Å². The molecule has 1 aromatic carbocycles. The molecule has 0 bridgehead atoms. The van der Waals surface area contributed by atoms with E-state index < -0.39 is 10.0 Å². The first-order valence-electron chi connectivity index (χ1n) is 6.60. The van der Waals surface area contributed by atoms with Gasteiger partial charge in [-0.05, 0) is 31.9 Å². The summed E-state index contributed by atoms with van der Waals surface area (Å²) >= 11 is 0. The van der Waals surface area contributed by atoms with E-state index >= 15 is 0 Å². The third-order valence-electron chi connectivity index (χ3n) is 3.43. The topological polar surface area (TPSA) is 63.7 Å². The van der Waals surface area contributed by atoms with Crippen LogP contribution in [0.5, 0.6) is 0 Å². The Bertz CT molecular complexity index is 591. The van der Waals surface area contributed by atoms with Crippen molar-refractivity contribution in [1.29, 1.82) is 0 Å². The Morgan fingerprint density at radius 1 is 1.45 bits per heavy atom. The monoisotopic (exact) mass is 297 g/mol. The van der Waals surface area contributed by atoms with Crippen LogP contribution in [0.25, 0.3) is 0 Å². The molecule has 2 rings (SSSR count). The van der Waals surface area contributed by atoms with Crippen molar-refractivity contribution in [3.8, 4) is 0 Å². The van der Waals surface area contributed by atoms with Gasteiger partial charge in [0.05, 0.1) is 11.0 Å². The van der Waals surface area contributed by atoms with Crippen molar-refractivity contribution in [1.82, 2.24) is 4.31 Å². The maximum Gasteiger partial charge on any atom is 0.242 e. The molecule has 1 fully saturated rings. The van der Waals surface area contributed by atoms with Crippen molar-refractivity contribution in [2.45, 2.75) is 30.8 Å². The number of ketones is 1. The van der Waals surface area contributed by atoms with E-state index in [1.807, 2.05) is 0 Å². The third-order valence-corrected chi connectivity index (χ3v) is 5.25. The van der Waals surface area contributed by atoms with E-state index in [1.165, 1.54) is 30.4 Å². The number of carbonyl (C=O) groups excluding carboxylic acids is 1. The quantitative estimate of drug-likeness (QED) is 0.776. The second kappa shape index (κ2) is 6.03. The Kier molecular flexibility index (Phi) is 4.57. The van der Waals surface area contributed by atoms with Gasteiger partial charge in [0.2, 0.25) is 10.0 Å². The lowest BCUT2D eigenvalue weighted by atomic mass is 10.2. The number of likely N-dealkylation sites (N-methyl/N-ethyl adjacent to an activating group) is 1. The minimum absolute atomic E-state index is 0.0363. The Morgan fingerprint density at radius 3 is 2.80 bits per heavy atom. The molecular weight excluding hydrogens is 278 g/mol. The molecule has 0 N–H and O–H groups in total. The van der Waals surface area contributed by atoms with E-state index in [0.29, 0.717) is 18.7 Å². The highest BCUT2D eigenvalue weighted by Crippen LogP contribution is 2.19. The van der Waals surface area contributed by atoms with Gasteiger partial charge in [0.15, 0.2) is 5.78 Å². The highest BCUT2D eigenvalue weighted by Gasteiger charge is 2.26. The lowest BCUT2D eigenvalue weighted by molar-refractivity contribution is 0.0978. The summed E-state index contributed by atoms with van der Waals surface area (Å²) in [6, 6.07) is 6.13. The average Bonchev–Trinajstić information content (AvgIpc) is 2.91. The molecule has 1 aromatic rings. The minimum Gasteiger partial charge on any atom is -0.377 e. The first kappa shape index (κ1) is 15.2. The van der Waals surface area contributed by atoms with E-state index in [1.54, 1.807) is 12.1 Å². The van der Waals surface area contributed by atoms with Gasteiger partial charge in [-0.15, -0.1) is 0 Å². The summed E-state index contributed by atoms with van der Waals surface area (Å²) in [6.07, 6.45) is 1.82. The summed E-state index contributed by atoms with van der Waals surface area (Å²) in [5, 5.41) is 0. The van der Waals surface area contributed by atoms with Crippen molar-refractivity contribution in [3.05, 3.63) is 29.8 Å². The van der Waals surface area contributed by atoms with E-state index in [-0.39, 0.29) is 16.8 Å². The zero-order chi connectivity index (χ0) is 14.8. The van der Waals surface area contributed by atoms with E-state index in [2.05, 4.69) is 0 Å². The molecule has 0 spiro atoms. The molecule has 1 unspecified atom stereocenters. The lowest BCUT2D eigenvalue weighted by Crippen LogP contribution is -2.34. The number of hydrogen-bond donors (Lipinski definition) is 0. The fourth-order valence-corrected chi connectivity index (χ4v) is 3.48. The summed E-state index contributed by atoms with van der Waals surface area (Å²) in [5.74, 6) is -0.149. The van der Waals surface area contributed by atoms with Crippen LogP contribution in [0, 0.1) is 0 Å².